The number of carbonyl (C=O) groups excluding carboxylic acids is 2. The van der Waals surface area contributed by atoms with E-state index < -0.39 is 47.5 Å². The molecule has 10 nitrogen and oxygen atoms in total. The van der Waals surface area contributed by atoms with E-state index in [2.05, 4.69) is 35.2 Å². The highest BCUT2D eigenvalue weighted by atomic mass is 32.1. The molecule has 3 rings (SSSR count). The molecule has 0 aliphatic heterocycles. The molecular formula is C28H33N3O7S. The highest BCUT2D eigenvalue weighted by Gasteiger charge is 2.30. The number of hydrogen-bond donors (Lipinski definition) is 6. The van der Waals surface area contributed by atoms with Crippen molar-refractivity contribution in [2.45, 2.75) is 56.4 Å². The Labute approximate surface area is 231 Å². The largest absolute Gasteiger partial charge is 0.494 e. The van der Waals surface area contributed by atoms with Gasteiger partial charge in [0.05, 0.1) is 18.3 Å². The minimum atomic E-state index is -1.48. The second kappa shape index (κ2) is 14.2. The van der Waals surface area contributed by atoms with Crippen molar-refractivity contribution >= 4 is 47.3 Å². The van der Waals surface area contributed by atoms with Gasteiger partial charge in [0, 0.05) is 23.5 Å². The van der Waals surface area contributed by atoms with Gasteiger partial charge in [-0.15, -0.1) is 0 Å². The number of aliphatic carboxylic acids is 2. The van der Waals surface area contributed by atoms with Crippen molar-refractivity contribution in [3.05, 3.63) is 65.9 Å². The van der Waals surface area contributed by atoms with Gasteiger partial charge in [0.1, 0.15) is 17.8 Å². The predicted molar refractivity (Wildman–Crippen MR) is 149 cm³/mol. The van der Waals surface area contributed by atoms with Crippen LogP contribution in [-0.2, 0) is 32.0 Å². The Morgan fingerprint density at radius 2 is 1.64 bits per heavy atom. The Morgan fingerprint density at radius 1 is 0.949 bits per heavy atom. The molecule has 0 radical (unpaired) electrons. The van der Waals surface area contributed by atoms with Gasteiger partial charge in [-0.2, -0.15) is 12.6 Å². The second-order valence-electron chi connectivity index (χ2n) is 9.19. The van der Waals surface area contributed by atoms with Crippen LogP contribution in [0.5, 0.6) is 5.75 Å². The Kier molecular flexibility index (Phi) is 10.8. The first-order chi connectivity index (χ1) is 18.7. The molecule has 2 amide bonds. The lowest BCUT2D eigenvalue weighted by Gasteiger charge is -2.22. The monoisotopic (exact) mass is 555 g/mol. The summed E-state index contributed by atoms with van der Waals surface area (Å²) in [5, 5.41) is 23.8. The van der Waals surface area contributed by atoms with Gasteiger partial charge in [-0.05, 0) is 42.2 Å². The van der Waals surface area contributed by atoms with E-state index in [9.17, 15) is 29.4 Å². The number of carboxylic acids is 2. The number of nitrogens with one attached hydrogen (secondary N) is 3. The molecule has 5 N–H and O–H groups in total. The minimum absolute atomic E-state index is 0.0355. The average Bonchev–Trinajstić information content (AvgIpc) is 3.31. The predicted octanol–water partition coefficient (Wildman–Crippen LogP) is 2.96. The van der Waals surface area contributed by atoms with Gasteiger partial charge in [-0.25, -0.2) is 4.79 Å². The SMILES string of the molecule is CCCCOc1ccc(C[C@H](S)C(=O)NC(CC(=O)O)C(=O)N[C@@H](Cc2c[nH]c3ccccc23)C(=O)O)cc1. The molecule has 1 heterocycles. The number of hydrogen-bond acceptors (Lipinski definition) is 6. The van der Waals surface area contributed by atoms with Crippen molar-refractivity contribution in [2.75, 3.05) is 6.61 Å². The van der Waals surface area contributed by atoms with Crippen LogP contribution in [-0.4, -0.2) is 62.9 Å². The third-order valence-corrected chi connectivity index (χ3v) is 6.56. The number of aromatic nitrogens is 1. The lowest BCUT2D eigenvalue weighted by molar-refractivity contribution is -0.143. The van der Waals surface area contributed by atoms with Gasteiger partial charge < -0.3 is 30.6 Å². The third kappa shape index (κ3) is 8.78. The molecule has 0 saturated carbocycles. The number of carbonyl (C=O) groups is 4. The van der Waals surface area contributed by atoms with Gasteiger partial charge in [-0.3, -0.25) is 14.4 Å². The summed E-state index contributed by atoms with van der Waals surface area (Å²) in [6.45, 7) is 2.69. The van der Waals surface area contributed by atoms with Gasteiger partial charge in [-0.1, -0.05) is 43.7 Å². The van der Waals surface area contributed by atoms with Crippen molar-refractivity contribution < 1.29 is 34.1 Å². The molecule has 2 aromatic carbocycles. The Hall–Kier alpha value is -3.99. The van der Waals surface area contributed by atoms with Crippen LogP contribution in [0.4, 0.5) is 0 Å². The first-order valence-corrected chi connectivity index (χ1v) is 13.2. The van der Waals surface area contributed by atoms with Crippen molar-refractivity contribution in [3.63, 3.8) is 0 Å². The Balaban J connectivity index is 1.62. The first-order valence-electron chi connectivity index (χ1n) is 12.7. The average molecular weight is 556 g/mol. The molecule has 3 aromatic rings. The smallest absolute Gasteiger partial charge is 0.326 e. The maximum absolute atomic E-state index is 12.9. The van der Waals surface area contributed by atoms with Crippen LogP contribution >= 0.6 is 12.6 Å². The summed E-state index contributed by atoms with van der Waals surface area (Å²) < 4.78 is 5.63. The fourth-order valence-electron chi connectivity index (χ4n) is 4.02. The molecule has 1 unspecified atom stereocenters. The summed E-state index contributed by atoms with van der Waals surface area (Å²) in [4.78, 5) is 52.1. The van der Waals surface area contributed by atoms with E-state index in [1.807, 2.05) is 24.3 Å². The normalized spacial score (nSPS) is 13.3. The van der Waals surface area contributed by atoms with Crippen LogP contribution in [0.15, 0.2) is 54.7 Å². The number of unbranched alkanes of at least 4 members (excludes halogenated alkanes) is 1. The second-order valence-corrected chi connectivity index (χ2v) is 9.81. The number of aromatic amines is 1. The number of H-pyrrole nitrogens is 1. The number of para-hydroxylation sites is 1. The van der Waals surface area contributed by atoms with Crippen LogP contribution in [0.2, 0.25) is 0 Å². The van der Waals surface area contributed by atoms with Crippen LogP contribution in [0.1, 0.15) is 37.3 Å². The zero-order valence-electron chi connectivity index (χ0n) is 21.6. The standard InChI is InChI=1S/C28H33N3O7S/c1-2-3-12-38-19-10-8-17(9-11-19)13-24(39)27(35)30-22(15-25(32)33)26(34)31-23(28(36)37)14-18-16-29-21-7-5-4-6-20(18)21/h4-11,16,22-24,29,39H,2-3,12-15H2,1H3,(H,30,35)(H,31,34)(H,32,33)(H,36,37)/t22?,23-,24-/m0/s1. The van der Waals surface area contributed by atoms with Gasteiger partial charge >= 0.3 is 11.9 Å². The molecular weight excluding hydrogens is 522 g/mol. The molecule has 208 valence electrons. The fourth-order valence-corrected chi connectivity index (χ4v) is 4.30. The summed E-state index contributed by atoms with van der Waals surface area (Å²) in [5.41, 5.74) is 2.30. The van der Waals surface area contributed by atoms with Crippen molar-refractivity contribution in [2.24, 2.45) is 0 Å². The van der Waals surface area contributed by atoms with E-state index in [1.54, 1.807) is 30.5 Å². The van der Waals surface area contributed by atoms with Gasteiger partial charge in [0.25, 0.3) is 0 Å². The van der Waals surface area contributed by atoms with Crippen LogP contribution in [0.25, 0.3) is 10.9 Å². The van der Waals surface area contributed by atoms with E-state index in [4.69, 9.17) is 4.74 Å². The summed E-state index contributed by atoms with van der Waals surface area (Å²) >= 11 is 4.34. The summed E-state index contributed by atoms with van der Waals surface area (Å²) in [6, 6.07) is 11.7. The number of rotatable bonds is 15. The number of ether oxygens (including phenoxy) is 1. The van der Waals surface area contributed by atoms with E-state index in [0.717, 1.165) is 29.3 Å². The maximum Gasteiger partial charge on any atom is 0.326 e. The summed E-state index contributed by atoms with van der Waals surface area (Å²) in [7, 11) is 0. The molecule has 0 saturated heterocycles. The van der Waals surface area contributed by atoms with Crippen LogP contribution < -0.4 is 15.4 Å². The lowest BCUT2D eigenvalue weighted by atomic mass is 10.0. The van der Waals surface area contributed by atoms with E-state index in [0.29, 0.717) is 17.9 Å². The number of benzene rings is 2. The maximum atomic E-state index is 12.9. The first kappa shape index (κ1) is 29.6. The number of thiol groups is 1. The fraction of sp³-hybridized carbons (Fsp3) is 0.357. The number of carboxylic acid groups (broad SMARTS) is 2. The molecule has 1 aromatic heterocycles. The quantitative estimate of drug-likeness (QED) is 0.124. The zero-order chi connectivity index (χ0) is 28.4. The Morgan fingerprint density at radius 3 is 2.31 bits per heavy atom. The minimum Gasteiger partial charge on any atom is -0.494 e. The third-order valence-electron chi connectivity index (χ3n) is 6.15. The topological polar surface area (TPSA) is 158 Å². The number of amides is 2. The zero-order valence-corrected chi connectivity index (χ0v) is 22.4. The van der Waals surface area contributed by atoms with E-state index in [-0.39, 0.29) is 12.8 Å². The van der Waals surface area contributed by atoms with E-state index >= 15 is 0 Å². The molecule has 3 atom stereocenters. The summed E-state index contributed by atoms with van der Waals surface area (Å²) in [5.74, 6) is -3.46. The molecule has 39 heavy (non-hydrogen) atoms. The molecule has 0 aliphatic carbocycles. The molecule has 0 aliphatic rings. The van der Waals surface area contributed by atoms with E-state index in [1.165, 1.54) is 0 Å². The molecule has 0 fully saturated rings. The van der Waals surface area contributed by atoms with Gasteiger partial charge in [0.15, 0.2) is 0 Å². The lowest BCUT2D eigenvalue weighted by Crippen LogP contribution is -2.54. The summed E-state index contributed by atoms with van der Waals surface area (Å²) in [6.07, 6.45) is 3.11. The molecule has 11 heteroatoms. The van der Waals surface area contributed by atoms with Crippen molar-refractivity contribution in [3.8, 4) is 5.75 Å². The highest BCUT2D eigenvalue weighted by Crippen LogP contribution is 2.19. The molecule has 0 spiro atoms. The van der Waals surface area contributed by atoms with Crippen molar-refractivity contribution in [1.82, 2.24) is 15.6 Å². The van der Waals surface area contributed by atoms with Crippen LogP contribution in [0, 0.1) is 0 Å². The molecule has 0 bridgehead atoms. The highest BCUT2D eigenvalue weighted by molar-refractivity contribution is 7.81. The van der Waals surface area contributed by atoms with Gasteiger partial charge in [0.2, 0.25) is 11.8 Å². The van der Waals surface area contributed by atoms with Crippen LogP contribution in [0.3, 0.4) is 0 Å². The van der Waals surface area contributed by atoms with Crippen molar-refractivity contribution in [1.29, 1.82) is 0 Å². The number of fused-ring (bicyclic) bond motifs is 1. The Bertz CT molecular complexity index is 1290.